The Morgan fingerprint density at radius 1 is 1.15 bits per heavy atom. The van der Waals surface area contributed by atoms with Crippen molar-refractivity contribution in [3.05, 3.63) is 0 Å². The van der Waals surface area contributed by atoms with E-state index in [1.54, 1.807) is 13.8 Å². The van der Waals surface area contributed by atoms with Gasteiger partial charge in [-0.05, 0) is 0 Å². The summed E-state index contributed by atoms with van der Waals surface area (Å²) in [4.78, 5) is 21.2. The van der Waals surface area contributed by atoms with Crippen LogP contribution in [0, 0.1) is 5.92 Å². The molecular weight excluding hydrogens is 176 g/mol. The van der Waals surface area contributed by atoms with Crippen LogP contribution in [0.5, 0.6) is 0 Å². The standard InChI is InChI=1S/C8H14O5/c1-5(2)7(12-6(3)9)13-8(10)11-4/h5,7H,1-4H3/t7-/m1/s1. The molecule has 0 heterocycles. The van der Waals surface area contributed by atoms with E-state index in [-0.39, 0.29) is 5.92 Å². The zero-order chi connectivity index (χ0) is 10.4. The van der Waals surface area contributed by atoms with Gasteiger partial charge in [-0.15, -0.1) is 0 Å². The summed E-state index contributed by atoms with van der Waals surface area (Å²) in [6.45, 7) is 4.77. The Balaban J connectivity index is 4.09. The van der Waals surface area contributed by atoms with Crippen LogP contribution < -0.4 is 0 Å². The molecule has 1 atom stereocenters. The summed E-state index contributed by atoms with van der Waals surface area (Å²) in [5, 5.41) is 0. The Labute approximate surface area is 77.0 Å². The zero-order valence-electron chi connectivity index (χ0n) is 8.20. The van der Waals surface area contributed by atoms with Crippen molar-refractivity contribution in [1.29, 1.82) is 0 Å². The molecule has 0 aliphatic rings. The molecule has 0 aromatic carbocycles. The lowest BCUT2D eigenvalue weighted by Crippen LogP contribution is -2.28. The highest BCUT2D eigenvalue weighted by molar-refractivity contribution is 5.66. The topological polar surface area (TPSA) is 61.8 Å². The molecule has 5 heteroatoms. The Hall–Kier alpha value is -1.26. The van der Waals surface area contributed by atoms with Crippen LogP contribution >= 0.6 is 0 Å². The van der Waals surface area contributed by atoms with Crippen LogP contribution in [0.25, 0.3) is 0 Å². The number of carbonyl (C=O) groups excluding carboxylic acids is 2. The van der Waals surface area contributed by atoms with Crippen molar-refractivity contribution >= 4 is 12.1 Å². The molecule has 0 aromatic heterocycles. The summed E-state index contributed by atoms with van der Waals surface area (Å²) in [5.74, 6) is -0.606. The van der Waals surface area contributed by atoms with Crippen LogP contribution in [-0.4, -0.2) is 25.5 Å². The fourth-order valence-electron chi connectivity index (χ4n) is 0.603. The third-order valence-corrected chi connectivity index (χ3v) is 1.21. The highest BCUT2D eigenvalue weighted by Gasteiger charge is 2.21. The minimum absolute atomic E-state index is 0.108. The number of esters is 1. The van der Waals surface area contributed by atoms with Gasteiger partial charge in [0.2, 0.25) is 0 Å². The van der Waals surface area contributed by atoms with E-state index in [1.165, 1.54) is 14.0 Å². The molecule has 76 valence electrons. The van der Waals surface area contributed by atoms with E-state index in [0.29, 0.717) is 0 Å². The fourth-order valence-corrected chi connectivity index (χ4v) is 0.603. The molecule has 0 unspecified atom stereocenters. The maximum absolute atomic E-state index is 10.7. The Kier molecular flexibility index (Phi) is 4.87. The lowest BCUT2D eigenvalue weighted by atomic mass is 10.2. The van der Waals surface area contributed by atoms with Crippen molar-refractivity contribution in [2.75, 3.05) is 7.11 Å². The van der Waals surface area contributed by atoms with E-state index in [0.717, 1.165) is 0 Å². The minimum atomic E-state index is -0.884. The molecule has 0 radical (unpaired) electrons. The van der Waals surface area contributed by atoms with Gasteiger partial charge in [-0.3, -0.25) is 4.79 Å². The van der Waals surface area contributed by atoms with Gasteiger partial charge in [-0.1, -0.05) is 13.8 Å². The summed E-state index contributed by atoms with van der Waals surface area (Å²) >= 11 is 0. The monoisotopic (exact) mass is 190 g/mol. The second-order valence-electron chi connectivity index (χ2n) is 2.79. The average molecular weight is 190 g/mol. The van der Waals surface area contributed by atoms with E-state index in [2.05, 4.69) is 9.47 Å². The second kappa shape index (κ2) is 5.40. The van der Waals surface area contributed by atoms with Crippen LogP contribution in [0.15, 0.2) is 0 Å². The zero-order valence-corrected chi connectivity index (χ0v) is 8.20. The average Bonchev–Trinajstić information content (AvgIpc) is 2.02. The molecule has 0 bridgehead atoms. The summed E-state index contributed by atoms with van der Waals surface area (Å²) in [7, 11) is 1.19. The first kappa shape index (κ1) is 11.7. The van der Waals surface area contributed by atoms with Crippen molar-refractivity contribution in [3.8, 4) is 0 Å². The van der Waals surface area contributed by atoms with Gasteiger partial charge in [-0.25, -0.2) is 4.79 Å². The first-order valence-electron chi connectivity index (χ1n) is 3.89. The maximum Gasteiger partial charge on any atom is 0.511 e. The molecule has 0 fully saturated rings. The van der Waals surface area contributed by atoms with Crippen LogP contribution in [0.4, 0.5) is 4.79 Å². The van der Waals surface area contributed by atoms with Gasteiger partial charge < -0.3 is 14.2 Å². The molecule has 0 aromatic rings. The lowest BCUT2D eigenvalue weighted by molar-refractivity contribution is -0.175. The molecular formula is C8H14O5. The van der Waals surface area contributed by atoms with Gasteiger partial charge in [-0.2, -0.15) is 0 Å². The molecule has 0 amide bonds. The molecule has 0 rings (SSSR count). The minimum Gasteiger partial charge on any atom is -0.438 e. The predicted octanol–water partition coefficient (Wildman–Crippen LogP) is 1.31. The van der Waals surface area contributed by atoms with E-state index in [1.807, 2.05) is 0 Å². The number of methoxy groups -OCH3 is 1. The van der Waals surface area contributed by atoms with Crippen molar-refractivity contribution in [2.24, 2.45) is 5.92 Å². The normalized spacial score (nSPS) is 12.1. The summed E-state index contributed by atoms with van der Waals surface area (Å²) in [5.41, 5.74) is 0. The van der Waals surface area contributed by atoms with Crippen molar-refractivity contribution in [2.45, 2.75) is 27.1 Å². The van der Waals surface area contributed by atoms with Gasteiger partial charge in [0.1, 0.15) is 0 Å². The lowest BCUT2D eigenvalue weighted by Gasteiger charge is -2.19. The van der Waals surface area contributed by atoms with Crippen LogP contribution in [-0.2, 0) is 19.0 Å². The fraction of sp³-hybridized carbons (Fsp3) is 0.750. The summed E-state index contributed by atoms with van der Waals surface area (Å²) in [6, 6.07) is 0. The third kappa shape index (κ3) is 5.05. The Morgan fingerprint density at radius 3 is 2.00 bits per heavy atom. The number of rotatable bonds is 3. The quantitative estimate of drug-likeness (QED) is 0.496. The van der Waals surface area contributed by atoms with Crippen molar-refractivity contribution in [1.82, 2.24) is 0 Å². The molecule has 0 saturated carbocycles. The smallest absolute Gasteiger partial charge is 0.438 e. The van der Waals surface area contributed by atoms with Crippen molar-refractivity contribution < 1.29 is 23.8 Å². The van der Waals surface area contributed by atoms with Gasteiger partial charge in [0.15, 0.2) is 0 Å². The summed E-state index contributed by atoms with van der Waals surface area (Å²) in [6.07, 6.45) is -1.75. The molecule has 0 saturated heterocycles. The number of hydrogen-bond acceptors (Lipinski definition) is 5. The summed E-state index contributed by atoms with van der Waals surface area (Å²) < 4.78 is 13.6. The van der Waals surface area contributed by atoms with Gasteiger partial charge in [0, 0.05) is 12.8 Å². The Morgan fingerprint density at radius 2 is 1.69 bits per heavy atom. The SMILES string of the molecule is COC(=O)O[C@@H](OC(C)=O)C(C)C. The van der Waals surface area contributed by atoms with Crippen LogP contribution in [0.1, 0.15) is 20.8 Å². The molecule has 5 nitrogen and oxygen atoms in total. The van der Waals surface area contributed by atoms with E-state index < -0.39 is 18.4 Å². The molecule has 0 aliphatic heterocycles. The van der Waals surface area contributed by atoms with E-state index >= 15 is 0 Å². The van der Waals surface area contributed by atoms with Gasteiger partial charge in [0.25, 0.3) is 6.29 Å². The number of ether oxygens (including phenoxy) is 3. The first-order chi connectivity index (χ1) is 5.97. The number of hydrogen-bond donors (Lipinski definition) is 0. The predicted molar refractivity (Wildman–Crippen MR) is 43.9 cm³/mol. The molecule has 0 aliphatic carbocycles. The Bertz CT molecular complexity index is 187. The maximum atomic E-state index is 10.7. The first-order valence-corrected chi connectivity index (χ1v) is 3.89. The van der Waals surface area contributed by atoms with Gasteiger partial charge >= 0.3 is 12.1 Å². The van der Waals surface area contributed by atoms with Gasteiger partial charge in [0.05, 0.1) is 7.11 Å². The van der Waals surface area contributed by atoms with E-state index in [4.69, 9.17) is 4.74 Å². The number of carbonyl (C=O) groups is 2. The largest absolute Gasteiger partial charge is 0.511 e. The van der Waals surface area contributed by atoms with E-state index in [9.17, 15) is 9.59 Å². The molecule has 0 spiro atoms. The highest BCUT2D eigenvalue weighted by atomic mass is 16.8. The van der Waals surface area contributed by atoms with Crippen LogP contribution in [0.3, 0.4) is 0 Å². The molecule has 13 heavy (non-hydrogen) atoms. The second-order valence-corrected chi connectivity index (χ2v) is 2.79. The van der Waals surface area contributed by atoms with Crippen LogP contribution in [0.2, 0.25) is 0 Å². The van der Waals surface area contributed by atoms with Crippen molar-refractivity contribution in [3.63, 3.8) is 0 Å². The highest BCUT2D eigenvalue weighted by Crippen LogP contribution is 2.09. The third-order valence-electron chi connectivity index (χ3n) is 1.21. The molecule has 0 N–H and O–H groups in total.